The Labute approximate surface area is 121 Å². The first kappa shape index (κ1) is 13.2. The minimum atomic E-state index is -0.353. The summed E-state index contributed by atoms with van der Waals surface area (Å²) in [5, 5.41) is 9.57. The van der Waals surface area contributed by atoms with Crippen LogP contribution in [0.3, 0.4) is 0 Å². The summed E-state index contributed by atoms with van der Waals surface area (Å²) >= 11 is 3.11. The van der Waals surface area contributed by atoms with Gasteiger partial charge in [0, 0.05) is 12.1 Å². The van der Waals surface area contributed by atoms with E-state index in [2.05, 4.69) is 36.7 Å². The van der Waals surface area contributed by atoms with Gasteiger partial charge < -0.3 is 9.84 Å². The highest BCUT2D eigenvalue weighted by atomic mass is 79.9. The van der Waals surface area contributed by atoms with Crippen molar-refractivity contribution in [2.75, 3.05) is 13.1 Å². The Morgan fingerprint density at radius 3 is 3.00 bits per heavy atom. The van der Waals surface area contributed by atoms with E-state index >= 15 is 0 Å². The molecule has 0 spiro atoms. The summed E-state index contributed by atoms with van der Waals surface area (Å²) in [6, 6.07) is 4.28. The van der Waals surface area contributed by atoms with E-state index in [1.807, 2.05) is 0 Å². The van der Waals surface area contributed by atoms with Crippen LogP contribution in [0.2, 0.25) is 0 Å². The van der Waals surface area contributed by atoms with Crippen molar-refractivity contribution in [3.05, 3.63) is 34.4 Å². The molecule has 6 nitrogen and oxygen atoms in total. The highest BCUT2D eigenvalue weighted by molar-refractivity contribution is 9.10. The molecule has 2 aromatic rings. The van der Waals surface area contributed by atoms with Gasteiger partial charge in [-0.05, 0) is 34.1 Å². The highest BCUT2D eigenvalue weighted by Crippen LogP contribution is 2.24. The Morgan fingerprint density at radius 1 is 1.45 bits per heavy atom. The molecule has 1 saturated heterocycles. The second-order valence-electron chi connectivity index (χ2n) is 4.32. The van der Waals surface area contributed by atoms with Crippen LogP contribution >= 0.6 is 15.9 Å². The number of carbonyl (C=O) groups excluding carboxylic acids is 1. The van der Waals surface area contributed by atoms with E-state index in [0.717, 1.165) is 0 Å². The summed E-state index contributed by atoms with van der Waals surface area (Å²) in [4.78, 5) is 15.3. The van der Waals surface area contributed by atoms with Crippen LogP contribution in [0, 0.1) is 5.82 Å². The molecule has 0 radical (unpaired) electrons. The smallest absolute Gasteiger partial charge is 0.245 e. The van der Waals surface area contributed by atoms with Crippen LogP contribution < -0.4 is 10.6 Å². The van der Waals surface area contributed by atoms with Crippen molar-refractivity contribution in [1.29, 1.82) is 0 Å². The molecule has 1 amide bonds. The van der Waals surface area contributed by atoms with Crippen molar-refractivity contribution in [2.45, 2.75) is 6.04 Å². The number of rotatable bonds is 2. The summed E-state index contributed by atoms with van der Waals surface area (Å²) in [5.74, 6) is 0.345. The maximum atomic E-state index is 13.2. The summed E-state index contributed by atoms with van der Waals surface area (Å²) in [7, 11) is 0. The number of carbonyl (C=O) groups is 1. The van der Waals surface area contributed by atoms with E-state index in [4.69, 9.17) is 4.52 Å². The molecule has 1 aromatic heterocycles. The van der Waals surface area contributed by atoms with Crippen LogP contribution in [0.25, 0.3) is 11.4 Å². The first-order valence-corrected chi connectivity index (χ1v) is 6.72. The number of benzene rings is 1. The molecule has 1 aliphatic heterocycles. The average molecular weight is 341 g/mol. The molecule has 3 rings (SSSR count). The maximum absolute atomic E-state index is 13.2. The van der Waals surface area contributed by atoms with Gasteiger partial charge in [0.1, 0.15) is 11.9 Å². The first-order valence-electron chi connectivity index (χ1n) is 5.92. The average Bonchev–Trinajstić information content (AvgIpc) is 2.92. The van der Waals surface area contributed by atoms with Gasteiger partial charge in [-0.1, -0.05) is 5.16 Å². The number of piperazine rings is 1. The van der Waals surface area contributed by atoms with Crippen molar-refractivity contribution in [3.8, 4) is 11.4 Å². The largest absolute Gasteiger partial charge is 0.353 e. The molecular formula is C12H10BrFN4O2. The molecule has 1 atom stereocenters. The second kappa shape index (κ2) is 5.29. The predicted octanol–water partition coefficient (Wildman–Crippen LogP) is 1.40. The molecular weight excluding hydrogens is 331 g/mol. The van der Waals surface area contributed by atoms with Gasteiger partial charge in [-0.3, -0.25) is 10.1 Å². The van der Waals surface area contributed by atoms with Gasteiger partial charge in [-0.25, -0.2) is 4.39 Å². The normalized spacial score (nSPS) is 18.9. The number of amides is 1. The second-order valence-corrected chi connectivity index (χ2v) is 5.18. The number of nitrogens with zero attached hydrogens (tertiary/aromatic N) is 2. The summed E-state index contributed by atoms with van der Waals surface area (Å²) in [6.07, 6.45) is 0. The molecule has 2 heterocycles. The topological polar surface area (TPSA) is 80.1 Å². The van der Waals surface area contributed by atoms with Gasteiger partial charge in [-0.2, -0.15) is 4.98 Å². The number of hydrogen-bond acceptors (Lipinski definition) is 5. The molecule has 0 bridgehead atoms. The van der Waals surface area contributed by atoms with E-state index in [0.29, 0.717) is 28.3 Å². The third-order valence-electron chi connectivity index (χ3n) is 2.93. The van der Waals surface area contributed by atoms with Gasteiger partial charge >= 0.3 is 0 Å². The predicted molar refractivity (Wildman–Crippen MR) is 71.1 cm³/mol. The fraction of sp³-hybridized carbons (Fsp3) is 0.250. The lowest BCUT2D eigenvalue weighted by Gasteiger charge is -2.20. The molecule has 0 aliphatic carbocycles. The summed E-state index contributed by atoms with van der Waals surface area (Å²) in [6.45, 7) is 0.609. The molecule has 104 valence electrons. The molecule has 1 fully saturated rings. The number of hydrogen-bond donors (Lipinski definition) is 2. The van der Waals surface area contributed by atoms with E-state index in [1.165, 1.54) is 6.07 Å². The number of halogens is 2. The lowest BCUT2D eigenvalue weighted by atomic mass is 10.2. The Morgan fingerprint density at radius 2 is 2.30 bits per heavy atom. The Bertz CT molecular complexity index is 651. The van der Waals surface area contributed by atoms with Crippen molar-refractivity contribution in [1.82, 2.24) is 20.8 Å². The molecule has 1 unspecified atom stereocenters. The Kier molecular flexibility index (Phi) is 3.49. The van der Waals surface area contributed by atoms with Gasteiger partial charge in [0.2, 0.25) is 17.6 Å². The zero-order valence-electron chi connectivity index (χ0n) is 10.2. The van der Waals surface area contributed by atoms with Crippen molar-refractivity contribution in [3.63, 3.8) is 0 Å². The lowest BCUT2D eigenvalue weighted by molar-refractivity contribution is -0.121. The van der Waals surface area contributed by atoms with Crippen LogP contribution in [0.5, 0.6) is 0 Å². The Hall–Kier alpha value is -1.80. The van der Waals surface area contributed by atoms with Gasteiger partial charge in [0.05, 0.1) is 11.0 Å². The fourth-order valence-electron chi connectivity index (χ4n) is 1.87. The SMILES string of the molecule is O=C1CNC(c2nc(-c3ccc(F)c(Br)c3)no2)CN1. The summed E-state index contributed by atoms with van der Waals surface area (Å²) in [5.41, 5.74) is 0.646. The molecule has 0 saturated carbocycles. The number of nitrogens with one attached hydrogen (secondary N) is 2. The van der Waals surface area contributed by atoms with Crippen molar-refractivity contribution < 1.29 is 13.7 Å². The zero-order valence-corrected chi connectivity index (χ0v) is 11.8. The minimum absolute atomic E-state index is 0.0662. The highest BCUT2D eigenvalue weighted by Gasteiger charge is 2.24. The summed E-state index contributed by atoms with van der Waals surface area (Å²) < 4.78 is 18.7. The van der Waals surface area contributed by atoms with Crippen molar-refractivity contribution in [2.24, 2.45) is 0 Å². The van der Waals surface area contributed by atoms with Crippen LogP contribution in [-0.2, 0) is 4.79 Å². The van der Waals surface area contributed by atoms with Crippen LogP contribution in [-0.4, -0.2) is 29.1 Å². The fourth-order valence-corrected chi connectivity index (χ4v) is 2.25. The first-order chi connectivity index (χ1) is 9.63. The van der Waals surface area contributed by atoms with Crippen molar-refractivity contribution >= 4 is 21.8 Å². The standard InChI is InChI=1S/C12H10BrFN4O2/c13-7-3-6(1-2-8(7)14)11-17-12(20-18-11)9-4-16-10(19)5-15-9/h1-3,9,15H,4-5H2,(H,16,19). The van der Waals surface area contributed by atoms with Crippen LogP contribution in [0.15, 0.2) is 27.2 Å². The zero-order chi connectivity index (χ0) is 14.1. The molecule has 1 aliphatic rings. The quantitative estimate of drug-likeness (QED) is 0.863. The monoisotopic (exact) mass is 340 g/mol. The van der Waals surface area contributed by atoms with Gasteiger partial charge in [0.15, 0.2) is 0 Å². The molecule has 2 N–H and O–H groups in total. The maximum Gasteiger partial charge on any atom is 0.245 e. The van der Waals surface area contributed by atoms with Gasteiger partial charge in [-0.15, -0.1) is 0 Å². The third-order valence-corrected chi connectivity index (χ3v) is 3.54. The molecule has 1 aromatic carbocycles. The Balaban J connectivity index is 1.82. The van der Waals surface area contributed by atoms with Crippen LogP contribution in [0.1, 0.15) is 11.9 Å². The van der Waals surface area contributed by atoms with Gasteiger partial charge in [0.25, 0.3) is 0 Å². The van der Waals surface area contributed by atoms with E-state index in [9.17, 15) is 9.18 Å². The minimum Gasteiger partial charge on any atom is -0.353 e. The van der Waals surface area contributed by atoms with Crippen LogP contribution in [0.4, 0.5) is 4.39 Å². The lowest BCUT2D eigenvalue weighted by Crippen LogP contribution is -2.47. The van der Waals surface area contributed by atoms with E-state index in [1.54, 1.807) is 12.1 Å². The molecule has 8 heteroatoms. The molecule has 20 heavy (non-hydrogen) atoms. The van der Waals surface area contributed by atoms with E-state index < -0.39 is 0 Å². The van der Waals surface area contributed by atoms with E-state index in [-0.39, 0.29) is 24.3 Å². The number of aromatic nitrogens is 2. The third kappa shape index (κ3) is 2.56.